The number of carbonyl (C=O) groups excluding carboxylic acids is 6. The molecule has 20 heteroatoms. The molecule has 0 saturated carbocycles. The summed E-state index contributed by atoms with van der Waals surface area (Å²) in [4.78, 5) is 97.6. The number of carboxylic acid groups (broad SMARTS) is 2. The predicted octanol–water partition coefficient (Wildman–Crippen LogP) is 7.08. The highest BCUT2D eigenvalue weighted by atomic mass is 16.6. The Morgan fingerprint density at radius 3 is 1.82 bits per heavy atom. The molecule has 0 aromatic heterocycles. The van der Waals surface area contributed by atoms with Gasteiger partial charge in [-0.3, -0.25) is 28.8 Å². The van der Waals surface area contributed by atoms with Gasteiger partial charge in [0.05, 0.1) is 39.5 Å². The predicted molar refractivity (Wildman–Crippen MR) is 295 cm³/mol. The first-order chi connectivity index (χ1) is 35.8. The molecule has 434 valence electrons. The zero-order valence-corrected chi connectivity index (χ0v) is 48.3. The van der Waals surface area contributed by atoms with Crippen molar-refractivity contribution in [3.05, 3.63) is 53.1 Å². The van der Waals surface area contributed by atoms with E-state index in [1.165, 1.54) is 31.5 Å². The molecule has 0 aliphatic heterocycles. The van der Waals surface area contributed by atoms with Gasteiger partial charge in [0.2, 0.25) is 29.5 Å². The van der Waals surface area contributed by atoms with Crippen molar-refractivity contribution in [1.29, 1.82) is 0 Å². The fourth-order valence-corrected chi connectivity index (χ4v) is 6.46. The summed E-state index contributed by atoms with van der Waals surface area (Å²) in [6.45, 7) is 26.1. The molecule has 5 atom stereocenters. The molecule has 0 radical (unpaired) electrons. The minimum atomic E-state index is -1.20. The van der Waals surface area contributed by atoms with Crippen LogP contribution in [-0.2, 0) is 47.8 Å². The van der Waals surface area contributed by atoms with Crippen LogP contribution >= 0.6 is 0 Å². The van der Waals surface area contributed by atoms with Crippen molar-refractivity contribution in [3.8, 4) is 5.75 Å². The highest BCUT2D eigenvalue weighted by molar-refractivity contribution is 5.93. The molecular weight excluding hydrogens is 981 g/mol. The molecule has 1 aromatic rings. The van der Waals surface area contributed by atoms with Crippen molar-refractivity contribution in [2.24, 2.45) is 17.8 Å². The van der Waals surface area contributed by atoms with Gasteiger partial charge in [-0.15, -0.1) is 0 Å². The van der Waals surface area contributed by atoms with Gasteiger partial charge in [0.15, 0.2) is 0 Å². The fourth-order valence-electron chi connectivity index (χ4n) is 6.46. The Hall–Kier alpha value is -5.86. The topological polar surface area (TPSA) is 269 Å². The van der Waals surface area contributed by atoms with Crippen molar-refractivity contribution in [1.82, 2.24) is 31.1 Å². The molecule has 0 bridgehead atoms. The second kappa shape index (κ2) is 43.3. The number of amides is 6. The van der Waals surface area contributed by atoms with Crippen molar-refractivity contribution >= 4 is 47.6 Å². The molecule has 0 fully saturated rings. The van der Waals surface area contributed by atoms with Crippen LogP contribution in [0.4, 0.5) is 4.79 Å². The number of carboxylic acids is 2. The lowest BCUT2D eigenvalue weighted by Crippen LogP contribution is -2.55. The van der Waals surface area contributed by atoms with E-state index < -0.39 is 59.8 Å². The SMILES string of the molecule is C/C=C(\C)CC(C)CC/C=C(\C)C(=O)O.CCC(C)C(NC(=O)CN(C)C(=O)CN(C)C(=O)C(C)NC(=O)CCC(C)C)C(=O)N[C@H](C)C(=O)O.CCCCOCCOCCOCCCNC(=O)Oc1ccc(C)cc1. The highest BCUT2D eigenvalue weighted by Crippen LogP contribution is 2.17. The molecular formula is C56H96N6O14. The Bertz CT molecular complexity index is 1920. The van der Waals surface area contributed by atoms with Crippen LogP contribution < -0.4 is 26.0 Å². The van der Waals surface area contributed by atoms with Crippen molar-refractivity contribution in [3.63, 3.8) is 0 Å². The minimum absolute atomic E-state index is 0.240. The summed E-state index contributed by atoms with van der Waals surface area (Å²) in [6, 6.07) is 4.43. The van der Waals surface area contributed by atoms with E-state index in [0.717, 1.165) is 55.6 Å². The summed E-state index contributed by atoms with van der Waals surface area (Å²) < 4.78 is 21.4. The number of benzene rings is 1. The van der Waals surface area contributed by atoms with Gasteiger partial charge >= 0.3 is 18.0 Å². The van der Waals surface area contributed by atoms with Crippen LogP contribution in [0.25, 0.3) is 0 Å². The number of rotatable bonds is 35. The smallest absolute Gasteiger partial charge is 0.412 e. The summed E-state index contributed by atoms with van der Waals surface area (Å²) in [5, 5.41) is 27.9. The summed E-state index contributed by atoms with van der Waals surface area (Å²) >= 11 is 0. The molecule has 1 rings (SSSR count). The Morgan fingerprint density at radius 2 is 1.29 bits per heavy atom. The fraction of sp³-hybridized carbons (Fsp3) is 0.679. The number of nitrogens with zero attached hydrogens (tertiary/aromatic N) is 2. The highest BCUT2D eigenvalue weighted by Gasteiger charge is 2.29. The van der Waals surface area contributed by atoms with Gasteiger partial charge in [0.25, 0.3) is 0 Å². The number of carbonyl (C=O) groups is 8. The van der Waals surface area contributed by atoms with Crippen LogP contribution in [0.3, 0.4) is 0 Å². The molecule has 0 heterocycles. The van der Waals surface area contributed by atoms with E-state index in [9.17, 15) is 38.4 Å². The monoisotopic (exact) mass is 1080 g/mol. The van der Waals surface area contributed by atoms with Gasteiger partial charge in [-0.1, -0.05) is 89.8 Å². The molecule has 4 unspecified atom stereocenters. The molecule has 0 saturated heterocycles. The molecule has 1 aromatic carbocycles. The number of likely N-dealkylation sites (N-methyl/N-ethyl adjacent to an activating group) is 2. The van der Waals surface area contributed by atoms with Crippen molar-refractivity contribution in [2.45, 2.75) is 159 Å². The van der Waals surface area contributed by atoms with E-state index in [4.69, 9.17) is 29.2 Å². The van der Waals surface area contributed by atoms with Crippen LogP contribution in [0, 0.1) is 24.7 Å². The minimum Gasteiger partial charge on any atom is -0.480 e. The second-order valence-electron chi connectivity index (χ2n) is 19.6. The number of allylic oxidation sites excluding steroid dienone is 3. The Morgan fingerprint density at radius 1 is 0.711 bits per heavy atom. The number of aliphatic carboxylic acids is 2. The van der Waals surface area contributed by atoms with Crippen LogP contribution in [0.5, 0.6) is 5.75 Å². The zero-order chi connectivity index (χ0) is 58.2. The van der Waals surface area contributed by atoms with Gasteiger partial charge in [-0.2, -0.15) is 0 Å². The third-order valence-corrected chi connectivity index (χ3v) is 11.8. The first-order valence-electron chi connectivity index (χ1n) is 26.7. The Kier molecular flexibility index (Phi) is 41.1. The molecule has 20 nitrogen and oxygen atoms in total. The summed E-state index contributed by atoms with van der Waals surface area (Å²) in [5.74, 6) is -3.20. The lowest BCUT2D eigenvalue weighted by molar-refractivity contribution is -0.143. The quantitative estimate of drug-likeness (QED) is 0.0225. The van der Waals surface area contributed by atoms with E-state index in [2.05, 4.69) is 55.0 Å². The van der Waals surface area contributed by atoms with Gasteiger partial charge < -0.3 is 60.2 Å². The average Bonchev–Trinajstić information content (AvgIpc) is 3.36. The zero-order valence-electron chi connectivity index (χ0n) is 48.3. The number of nitrogens with one attached hydrogen (secondary N) is 4. The number of hydrogen-bond donors (Lipinski definition) is 6. The van der Waals surface area contributed by atoms with E-state index in [0.29, 0.717) is 82.0 Å². The standard InChI is InChI=1S/C24H43N5O7.C19H31NO5.C13H22O2/c1-9-15(4)21(22(33)26-17(6)24(35)36)27-19(31)12-28(7)20(32)13-29(8)23(34)16(5)25-18(30)11-10-14(2)3;1-3-4-11-22-13-15-24-16-14-23-12-5-10-20-19(21)25-18-8-6-17(2)7-9-18;1-5-10(2)9-11(3)7-6-8-12(4)13(14)15/h14-17,21H,9-13H2,1-8H3,(H,25,30)(H,26,33)(H,27,31)(H,35,36);6-9H,3-5,10-16H2,1-2H3,(H,20,21);5,8,11H,6-7,9H2,1-4H3,(H,14,15)/b;;10-5+,12-8+/t15?,16?,17-,21?;;/m1../s1. The summed E-state index contributed by atoms with van der Waals surface area (Å²) in [5.41, 5.74) is 2.98. The third-order valence-electron chi connectivity index (χ3n) is 11.8. The molecule has 6 N–H and O–H groups in total. The first-order valence-corrected chi connectivity index (χ1v) is 26.7. The van der Waals surface area contributed by atoms with Crippen molar-refractivity contribution < 1.29 is 67.5 Å². The maximum atomic E-state index is 12.6. The van der Waals surface area contributed by atoms with Gasteiger partial charge in [0.1, 0.15) is 23.9 Å². The normalized spacial score (nSPS) is 13.2. The Labute approximate surface area is 453 Å². The summed E-state index contributed by atoms with van der Waals surface area (Å²) in [7, 11) is 2.82. The lowest BCUT2D eigenvalue weighted by atomic mass is 9.97. The largest absolute Gasteiger partial charge is 0.480 e. The maximum absolute atomic E-state index is 12.6. The average molecular weight is 1080 g/mol. The number of ether oxygens (including phenoxy) is 4. The number of aryl methyl sites for hydroxylation is 1. The molecule has 6 amide bonds. The van der Waals surface area contributed by atoms with Gasteiger partial charge in [-0.25, -0.2) is 9.59 Å². The lowest BCUT2D eigenvalue weighted by Gasteiger charge is -2.27. The van der Waals surface area contributed by atoms with E-state index in [1.807, 2.05) is 45.9 Å². The maximum Gasteiger partial charge on any atom is 0.412 e. The van der Waals surface area contributed by atoms with E-state index in [-0.39, 0.29) is 24.9 Å². The Balaban J connectivity index is 0. The van der Waals surface area contributed by atoms with Crippen molar-refractivity contribution in [2.75, 3.05) is 73.4 Å². The number of unbranched alkanes of at least 4 members (excludes halogenated alkanes) is 1. The van der Waals surface area contributed by atoms with E-state index >= 15 is 0 Å². The summed E-state index contributed by atoms with van der Waals surface area (Å²) in [6.07, 6.45) is 11.0. The molecule has 0 aliphatic rings. The third kappa shape index (κ3) is 37.8. The second-order valence-corrected chi connectivity index (χ2v) is 19.6. The van der Waals surface area contributed by atoms with Crippen LogP contribution in [-0.4, -0.2) is 159 Å². The molecule has 0 spiro atoms. The van der Waals surface area contributed by atoms with Crippen LogP contribution in [0.15, 0.2) is 47.6 Å². The first kappa shape index (κ1) is 72.2. The van der Waals surface area contributed by atoms with E-state index in [1.54, 1.807) is 32.9 Å². The molecule has 76 heavy (non-hydrogen) atoms. The van der Waals surface area contributed by atoms with Crippen LogP contribution in [0.1, 0.15) is 140 Å². The van der Waals surface area contributed by atoms with Crippen LogP contribution in [0.2, 0.25) is 0 Å². The van der Waals surface area contributed by atoms with Gasteiger partial charge in [0, 0.05) is 45.8 Å². The molecule has 0 aliphatic carbocycles. The number of hydrogen-bond acceptors (Lipinski definition) is 12. The van der Waals surface area contributed by atoms with Gasteiger partial charge in [-0.05, 0) is 110 Å².